The lowest BCUT2D eigenvalue weighted by atomic mass is 10.1. The summed E-state index contributed by atoms with van der Waals surface area (Å²) in [4.78, 5) is 0. The standard InChI is InChI=1S/C13H20FNO/c1-10(2)4-3-7-16-12-6-5-11(9-15)13(14)8-12/h5-6,8,10H,3-4,7,9,15H2,1-2H3. The van der Waals surface area contributed by atoms with E-state index in [2.05, 4.69) is 13.8 Å². The minimum absolute atomic E-state index is 0.222. The maximum absolute atomic E-state index is 13.3. The molecule has 0 spiro atoms. The van der Waals surface area contributed by atoms with Crippen LogP contribution in [0.1, 0.15) is 32.3 Å². The third kappa shape index (κ3) is 4.19. The average Bonchev–Trinajstić information content (AvgIpc) is 2.24. The van der Waals surface area contributed by atoms with E-state index in [4.69, 9.17) is 10.5 Å². The first kappa shape index (κ1) is 13.0. The Hall–Kier alpha value is -1.09. The van der Waals surface area contributed by atoms with Gasteiger partial charge in [0.05, 0.1) is 6.61 Å². The van der Waals surface area contributed by atoms with E-state index < -0.39 is 0 Å². The fraction of sp³-hybridized carbons (Fsp3) is 0.538. The van der Waals surface area contributed by atoms with Gasteiger partial charge in [-0.3, -0.25) is 0 Å². The van der Waals surface area contributed by atoms with Crippen LogP contribution in [0.4, 0.5) is 4.39 Å². The van der Waals surface area contributed by atoms with Gasteiger partial charge in [-0.15, -0.1) is 0 Å². The number of hydrogen-bond acceptors (Lipinski definition) is 2. The molecule has 0 aliphatic heterocycles. The van der Waals surface area contributed by atoms with Crippen LogP contribution in [0.5, 0.6) is 5.75 Å². The Morgan fingerprint density at radius 1 is 1.38 bits per heavy atom. The lowest BCUT2D eigenvalue weighted by molar-refractivity contribution is 0.296. The SMILES string of the molecule is CC(C)CCCOc1ccc(CN)c(F)c1. The van der Waals surface area contributed by atoms with Gasteiger partial charge in [-0.05, 0) is 24.8 Å². The molecule has 1 aromatic carbocycles. The van der Waals surface area contributed by atoms with Crippen molar-refractivity contribution in [1.29, 1.82) is 0 Å². The van der Waals surface area contributed by atoms with Crippen molar-refractivity contribution in [2.45, 2.75) is 33.2 Å². The maximum atomic E-state index is 13.3. The van der Waals surface area contributed by atoms with Crippen molar-refractivity contribution < 1.29 is 9.13 Å². The molecule has 0 heterocycles. The second kappa shape index (κ2) is 6.48. The molecule has 0 saturated heterocycles. The van der Waals surface area contributed by atoms with E-state index in [9.17, 15) is 4.39 Å². The summed E-state index contributed by atoms with van der Waals surface area (Å²) in [5.41, 5.74) is 5.90. The van der Waals surface area contributed by atoms with E-state index in [1.165, 1.54) is 6.07 Å². The lowest BCUT2D eigenvalue weighted by Gasteiger charge is -2.08. The van der Waals surface area contributed by atoms with Gasteiger partial charge in [-0.25, -0.2) is 4.39 Å². The molecule has 0 unspecified atom stereocenters. The van der Waals surface area contributed by atoms with Gasteiger partial charge in [0.15, 0.2) is 0 Å². The van der Waals surface area contributed by atoms with Gasteiger partial charge < -0.3 is 10.5 Å². The summed E-state index contributed by atoms with van der Waals surface area (Å²) in [6.45, 7) is 5.21. The molecule has 16 heavy (non-hydrogen) atoms. The van der Waals surface area contributed by atoms with Crippen molar-refractivity contribution in [2.75, 3.05) is 6.61 Å². The smallest absolute Gasteiger partial charge is 0.131 e. The van der Waals surface area contributed by atoms with Crippen LogP contribution in [0.15, 0.2) is 18.2 Å². The summed E-state index contributed by atoms with van der Waals surface area (Å²) in [7, 11) is 0. The third-order valence-electron chi connectivity index (χ3n) is 2.44. The van der Waals surface area contributed by atoms with Gasteiger partial charge in [0, 0.05) is 18.2 Å². The molecule has 0 fully saturated rings. The van der Waals surface area contributed by atoms with Crippen molar-refractivity contribution in [2.24, 2.45) is 11.7 Å². The highest BCUT2D eigenvalue weighted by Crippen LogP contribution is 2.17. The van der Waals surface area contributed by atoms with Crippen molar-refractivity contribution in [3.8, 4) is 5.75 Å². The Labute approximate surface area is 96.6 Å². The molecule has 1 aromatic rings. The van der Waals surface area contributed by atoms with Crippen molar-refractivity contribution in [1.82, 2.24) is 0 Å². The summed E-state index contributed by atoms with van der Waals surface area (Å²) in [6.07, 6.45) is 2.13. The molecule has 2 N–H and O–H groups in total. The average molecular weight is 225 g/mol. The normalized spacial score (nSPS) is 10.8. The molecule has 0 aliphatic rings. The molecule has 0 aliphatic carbocycles. The molecular weight excluding hydrogens is 205 g/mol. The zero-order valence-corrected chi connectivity index (χ0v) is 10.0. The van der Waals surface area contributed by atoms with E-state index in [0.717, 1.165) is 12.8 Å². The third-order valence-corrected chi connectivity index (χ3v) is 2.44. The Morgan fingerprint density at radius 2 is 2.12 bits per heavy atom. The molecule has 0 amide bonds. The highest BCUT2D eigenvalue weighted by molar-refractivity contribution is 5.28. The zero-order chi connectivity index (χ0) is 12.0. The summed E-state index contributed by atoms with van der Waals surface area (Å²) >= 11 is 0. The fourth-order valence-corrected chi connectivity index (χ4v) is 1.46. The highest BCUT2D eigenvalue weighted by atomic mass is 19.1. The maximum Gasteiger partial charge on any atom is 0.131 e. The summed E-state index contributed by atoms with van der Waals surface area (Å²) in [6, 6.07) is 4.84. The molecule has 1 rings (SSSR count). The van der Waals surface area contributed by atoms with Crippen molar-refractivity contribution >= 4 is 0 Å². The van der Waals surface area contributed by atoms with Gasteiger partial charge in [-0.1, -0.05) is 19.9 Å². The van der Waals surface area contributed by atoms with Crippen LogP contribution < -0.4 is 10.5 Å². The number of benzene rings is 1. The Balaban J connectivity index is 2.40. The largest absolute Gasteiger partial charge is 0.493 e. The van der Waals surface area contributed by atoms with Crippen molar-refractivity contribution in [3.63, 3.8) is 0 Å². The molecule has 0 radical (unpaired) electrons. The Bertz CT molecular complexity index is 326. The van der Waals surface area contributed by atoms with E-state index in [1.807, 2.05) is 0 Å². The number of nitrogens with two attached hydrogens (primary N) is 1. The number of hydrogen-bond donors (Lipinski definition) is 1. The topological polar surface area (TPSA) is 35.2 Å². The minimum Gasteiger partial charge on any atom is -0.493 e. The van der Waals surface area contributed by atoms with Crippen LogP contribution >= 0.6 is 0 Å². The first-order valence-electron chi connectivity index (χ1n) is 5.74. The van der Waals surface area contributed by atoms with E-state index in [0.29, 0.717) is 23.8 Å². The molecule has 0 bridgehead atoms. The zero-order valence-electron chi connectivity index (χ0n) is 10.0. The van der Waals surface area contributed by atoms with Crippen molar-refractivity contribution in [3.05, 3.63) is 29.6 Å². The quantitative estimate of drug-likeness (QED) is 0.755. The number of halogens is 1. The lowest BCUT2D eigenvalue weighted by Crippen LogP contribution is -2.02. The first-order valence-corrected chi connectivity index (χ1v) is 5.74. The monoisotopic (exact) mass is 225 g/mol. The molecule has 0 atom stereocenters. The molecular formula is C13H20FNO. The Morgan fingerprint density at radius 3 is 2.69 bits per heavy atom. The predicted molar refractivity (Wildman–Crippen MR) is 63.9 cm³/mol. The van der Waals surface area contributed by atoms with Gasteiger partial charge in [0.25, 0.3) is 0 Å². The molecule has 0 saturated carbocycles. The van der Waals surface area contributed by atoms with Crippen LogP contribution in [0, 0.1) is 11.7 Å². The van der Waals surface area contributed by atoms with Gasteiger partial charge in [-0.2, -0.15) is 0 Å². The van der Waals surface area contributed by atoms with Gasteiger partial charge in [0.1, 0.15) is 11.6 Å². The van der Waals surface area contributed by atoms with E-state index in [-0.39, 0.29) is 12.4 Å². The second-order valence-electron chi connectivity index (χ2n) is 4.34. The second-order valence-corrected chi connectivity index (χ2v) is 4.34. The number of rotatable bonds is 6. The Kier molecular flexibility index (Phi) is 5.26. The summed E-state index contributed by atoms with van der Waals surface area (Å²) in [5.74, 6) is 0.974. The molecule has 0 aromatic heterocycles. The molecule has 2 nitrogen and oxygen atoms in total. The fourth-order valence-electron chi connectivity index (χ4n) is 1.46. The molecule has 3 heteroatoms. The van der Waals surface area contributed by atoms with Crippen LogP contribution in [-0.2, 0) is 6.54 Å². The molecule has 90 valence electrons. The van der Waals surface area contributed by atoms with Crippen LogP contribution in [-0.4, -0.2) is 6.61 Å². The van der Waals surface area contributed by atoms with Crippen LogP contribution in [0.2, 0.25) is 0 Å². The number of ether oxygens (including phenoxy) is 1. The van der Waals surface area contributed by atoms with Gasteiger partial charge in [0.2, 0.25) is 0 Å². The van der Waals surface area contributed by atoms with Crippen LogP contribution in [0.25, 0.3) is 0 Å². The minimum atomic E-state index is -0.288. The highest BCUT2D eigenvalue weighted by Gasteiger charge is 2.02. The predicted octanol–water partition coefficient (Wildman–Crippen LogP) is 3.10. The van der Waals surface area contributed by atoms with Gasteiger partial charge >= 0.3 is 0 Å². The summed E-state index contributed by atoms with van der Waals surface area (Å²) in [5, 5.41) is 0. The van der Waals surface area contributed by atoms with E-state index in [1.54, 1.807) is 12.1 Å². The summed E-state index contributed by atoms with van der Waals surface area (Å²) < 4.78 is 18.8. The first-order chi connectivity index (χ1) is 7.63. The van der Waals surface area contributed by atoms with E-state index >= 15 is 0 Å². The van der Waals surface area contributed by atoms with Crippen LogP contribution in [0.3, 0.4) is 0 Å².